The molecular weight excluding hydrogens is 473 g/mol. The van der Waals surface area contributed by atoms with Gasteiger partial charge < -0.3 is 20.9 Å². The zero-order chi connectivity index (χ0) is 24.0. The molecule has 3 aromatic rings. The first-order valence-corrected chi connectivity index (χ1v) is 11.0. The molecule has 0 bridgehead atoms. The highest BCUT2D eigenvalue weighted by Gasteiger charge is 2.36. The molecule has 12 heteroatoms. The van der Waals surface area contributed by atoms with Crippen LogP contribution in [0.2, 0.25) is 0 Å². The number of halogens is 3. The number of benzene rings is 2. The topological polar surface area (TPSA) is 82.2 Å². The Balaban J connectivity index is 1.54. The number of amides is 1. The Morgan fingerprint density at radius 1 is 1.09 bits per heavy atom. The first-order valence-electron chi connectivity index (χ1n) is 9.75. The van der Waals surface area contributed by atoms with Crippen molar-refractivity contribution >= 4 is 51.8 Å². The molecule has 0 fully saturated rings. The molecule has 7 nitrogen and oxygen atoms in total. The van der Waals surface area contributed by atoms with Crippen LogP contribution in [0, 0.1) is 0 Å². The average Bonchev–Trinajstić information content (AvgIpc) is 3.29. The van der Waals surface area contributed by atoms with Gasteiger partial charge in [0.25, 0.3) is 5.91 Å². The number of hydrogen-bond acceptors (Lipinski definition) is 6. The molecule has 0 saturated carbocycles. The predicted octanol–water partition coefficient (Wildman–Crippen LogP) is 4.40. The number of anilines is 3. The molecule has 0 saturated heterocycles. The average molecular weight is 495 g/mol. The van der Waals surface area contributed by atoms with E-state index < -0.39 is 11.7 Å². The Labute approximate surface area is 198 Å². The van der Waals surface area contributed by atoms with Crippen molar-refractivity contribution in [3.8, 4) is 0 Å². The molecular formula is C21H21F3N6OS2. The normalized spacial score (nSPS) is 11.1. The summed E-state index contributed by atoms with van der Waals surface area (Å²) in [5.74, 6) is -0.363. The van der Waals surface area contributed by atoms with E-state index in [1.165, 1.54) is 17.0 Å². The van der Waals surface area contributed by atoms with E-state index in [1.807, 2.05) is 0 Å². The molecule has 0 aliphatic heterocycles. The number of nitrogens with one attached hydrogen (secondary N) is 3. The number of hydrogen-bond donors (Lipinski definition) is 3. The van der Waals surface area contributed by atoms with Crippen molar-refractivity contribution in [2.45, 2.75) is 12.6 Å². The lowest BCUT2D eigenvalue weighted by molar-refractivity contribution is -0.137. The van der Waals surface area contributed by atoms with Crippen molar-refractivity contribution in [2.24, 2.45) is 0 Å². The van der Waals surface area contributed by atoms with Crippen LogP contribution in [-0.2, 0) is 12.6 Å². The van der Waals surface area contributed by atoms with Crippen LogP contribution in [0.25, 0.3) is 0 Å². The fourth-order valence-electron chi connectivity index (χ4n) is 3.08. The van der Waals surface area contributed by atoms with Crippen LogP contribution in [0.15, 0.2) is 47.8 Å². The minimum absolute atomic E-state index is 0.124. The van der Waals surface area contributed by atoms with Gasteiger partial charge in [-0.1, -0.05) is 16.6 Å². The van der Waals surface area contributed by atoms with E-state index in [4.69, 9.17) is 12.2 Å². The summed E-state index contributed by atoms with van der Waals surface area (Å²) in [4.78, 5) is 13.4. The maximum atomic E-state index is 13.6. The van der Waals surface area contributed by atoms with Crippen LogP contribution in [0.5, 0.6) is 0 Å². The van der Waals surface area contributed by atoms with Crippen molar-refractivity contribution in [1.82, 2.24) is 14.9 Å². The van der Waals surface area contributed by atoms with Crippen LogP contribution < -0.4 is 20.9 Å². The number of nitrogens with zero attached hydrogens (tertiary/aromatic N) is 3. The van der Waals surface area contributed by atoms with Crippen molar-refractivity contribution in [3.05, 3.63) is 64.7 Å². The molecule has 3 N–H and O–H groups in total. The molecule has 2 aromatic carbocycles. The largest absolute Gasteiger partial charge is 0.418 e. The number of rotatable bonds is 7. The quantitative estimate of drug-likeness (QED) is 0.420. The van der Waals surface area contributed by atoms with E-state index in [9.17, 15) is 18.0 Å². The second-order valence-corrected chi connectivity index (χ2v) is 8.17. The summed E-state index contributed by atoms with van der Waals surface area (Å²) in [5, 5.41) is 14.1. The van der Waals surface area contributed by atoms with Crippen molar-refractivity contribution in [3.63, 3.8) is 0 Å². The van der Waals surface area contributed by atoms with Gasteiger partial charge in [-0.3, -0.25) is 4.79 Å². The smallest absolute Gasteiger partial charge is 0.377 e. The molecule has 33 heavy (non-hydrogen) atoms. The molecule has 1 amide bonds. The zero-order valence-corrected chi connectivity index (χ0v) is 19.4. The van der Waals surface area contributed by atoms with Crippen LogP contribution in [-0.4, -0.2) is 41.2 Å². The van der Waals surface area contributed by atoms with Crippen LogP contribution in [0.4, 0.5) is 30.2 Å². The molecule has 0 aliphatic rings. The third kappa shape index (κ3) is 6.62. The lowest BCUT2D eigenvalue weighted by Gasteiger charge is -2.22. The third-order valence-electron chi connectivity index (χ3n) is 4.57. The van der Waals surface area contributed by atoms with E-state index in [1.54, 1.807) is 49.8 Å². The summed E-state index contributed by atoms with van der Waals surface area (Å²) in [6.07, 6.45) is -4.31. The van der Waals surface area contributed by atoms with Gasteiger partial charge in [-0.15, -0.1) is 5.10 Å². The molecule has 0 radical (unpaired) electrons. The highest BCUT2D eigenvalue weighted by atomic mass is 32.1. The molecule has 1 aromatic heterocycles. The third-order valence-corrected chi connectivity index (χ3v) is 5.32. The summed E-state index contributed by atoms with van der Waals surface area (Å²) < 4.78 is 44.5. The second kappa shape index (κ2) is 10.6. The summed E-state index contributed by atoms with van der Waals surface area (Å²) in [6, 6.07) is 11.3. The van der Waals surface area contributed by atoms with E-state index in [2.05, 4.69) is 25.5 Å². The van der Waals surface area contributed by atoms with Crippen LogP contribution in [0.3, 0.4) is 0 Å². The van der Waals surface area contributed by atoms with Crippen LogP contribution in [0.1, 0.15) is 21.6 Å². The van der Waals surface area contributed by atoms with Gasteiger partial charge in [0, 0.05) is 43.1 Å². The Bertz CT molecular complexity index is 1100. The van der Waals surface area contributed by atoms with Gasteiger partial charge in [0.15, 0.2) is 10.8 Å². The number of thiocarbonyl (C=S) groups is 1. The van der Waals surface area contributed by atoms with Gasteiger partial charge in [0.2, 0.25) is 0 Å². The first-order chi connectivity index (χ1) is 15.6. The Morgan fingerprint density at radius 3 is 2.33 bits per heavy atom. The number of carbonyl (C=O) groups excluding carboxylic acids is 1. The maximum absolute atomic E-state index is 13.6. The van der Waals surface area contributed by atoms with Crippen molar-refractivity contribution in [1.29, 1.82) is 0 Å². The number of carbonyl (C=O) groups is 1. The minimum Gasteiger partial charge on any atom is -0.377 e. The van der Waals surface area contributed by atoms with Gasteiger partial charge in [-0.2, -0.15) is 13.2 Å². The van der Waals surface area contributed by atoms with Gasteiger partial charge in [-0.25, -0.2) is 0 Å². The molecule has 174 valence electrons. The molecule has 3 rings (SSSR count). The van der Waals surface area contributed by atoms with Crippen molar-refractivity contribution < 1.29 is 18.0 Å². The predicted molar refractivity (Wildman–Crippen MR) is 128 cm³/mol. The molecule has 0 aliphatic carbocycles. The number of aromatic nitrogens is 2. The fraction of sp³-hybridized carbons (Fsp3) is 0.238. The molecule has 0 spiro atoms. The van der Waals surface area contributed by atoms with Crippen molar-refractivity contribution in [2.75, 3.05) is 36.2 Å². The maximum Gasteiger partial charge on any atom is 0.418 e. The van der Waals surface area contributed by atoms with Gasteiger partial charge in [0.1, 0.15) is 0 Å². The van der Waals surface area contributed by atoms with Gasteiger partial charge >= 0.3 is 6.18 Å². The van der Waals surface area contributed by atoms with E-state index in [0.717, 1.165) is 11.5 Å². The standard InChI is InChI=1S/C21H21F3N6OS2/c1-30(2)17-5-3-4-13(18(17)21(22,23)24)10-11-25-20(32)27-15-8-6-14(7-9-15)26-19(31)16-12-33-29-28-16/h3-9,12H,10-11H2,1-2H3,(H,26,31)(H2,25,27,32). The summed E-state index contributed by atoms with van der Waals surface area (Å²) in [7, 11) is 3.16. The first kappa shape index (κ1) is 24.4. The van der Waals surface area contributed by atoms with Gasteiger partial charge in [0.05, 0.1) is 5.56 Å². The highest BCUT2D eigenvalue weighted by Crippen LogP contribution is 2.38. The summed E-state index contributed by atoms with van der Waals surface area (Å²) in [5.41, 5.74) is 1.14. The molecule has 1 heterocycles. The SMILES string of the molecule is CN(C)c1cccc(CCNC(=S)Nc2ccc(NC(=O)c3csnn3)cc2)c1C(F)(F)F. The lowest BCUT2D eigenvalue weighted by atomic mass is 10.0. The Hall–Kier alpha value is -3.25. The summed E-state index contributed by atoms with van der Waals surface area (Å²) >= 11 is 6.33. The molecule has 0 atom stereocenters. The second-order valence-electron chi connectivity index (χ2n) is 7.16. The Morgan fingerprint density at radius 2 is 1.76 bits per heavy atom. The lowest BCUT2D eigenvalue weighted by Crippen LogP contribution is -2.30. The van der Waals surface area contributed by atoms with Gasteiger partial charge in [-0.05, 0) is 66.1 Å². The summed E-state index contributed by atoms with van der Waals surface area (Å²) in [6.45, 7) is 0.224. The molecule has 0 unspecified atom stereocenters. The van der Waals surface area contributed by atoms with E-state index in [-0.39, 0.29) is 40.9 Å². The van der Waals surface area contributed by atoms with Crippen LogP contribution >= 0.6 is 23.8 Å². The number of alkyl halides is 3. The monoisotopic (exact) mass is 494 g/mol. The zero-order valence-electron chi connectivity index (χ0n) is 17.7. The van der Waals surface area contributed by atoms with E-state index >= 15 is 0 Å². The Kier molecular flexibility index (Phi) is 7.82. The highest BCUT2D eigenvalue weighted by molar-refractivity contribution is 7.80. The minimum atomic E-state index is -4.46. The van der Waals surface area contributed by atoms with E-state index in [0.29, 0.717) is 11.4 Å². The fourth-order valence-corrected chi connectivity index (χ4v) is 3.73.